The van der Waals surface area contributed by atoms with E-state index >= 15 is 0 Å². The zero-order valence-corrected chi connectivity index (χ0v) is 16.8. The summed E-state index contributed by atoms with van der Waals surface area (Å²) < 4.78 is 5.87. The highest BCUT2D eigenvalue weighted by molar-refractivity contribution is 7.98. The molecular weight excluding hydrogens is 376 g/mol. The molecule has 6 heteroatoms. The molecule has 0 bridgehead atoms. The SMILES string of the molecule is CSc1ccc(NC(=O)/C=C/c2ccccc2OCc2csc(C)n2)cc1. The third-order valence-electron chi connectivity index (χ3n) is 3.73. The van der Waals surface area contributed by atoms with E-state index in [0.717, 1.165) is 32.6 Å². The van der Waals surface area contributed by atoms with Crippen LogP contribution >= 0.6 is 23.1 Å². The molecule has 0 aliphatic carbocycles. The van der Waals surface area contributed by atoms with E-state index in [1.807, 2.05) is 67.1 Å². The Morgan fingerprint density at radius 3 is 2.70 bits per heavy atom. The van der Waals surface area contributed by atoms with Crippen LogP contribution in [0.1, 0.15) is 16.3 Å². The lowest BCUT2D eigenvalue weighted by Gasteiger charge is -2.08. The van der Waals surface area contributed by atoms with Gasteiger partial charge in [0.2, 0.25) is 5.91 Å². The van der Waals surface area contributed by atoms with Gasteiger partial charge in [0.25, 0.3) is 0 Å². The van der Waals surface area contributed by atoms with Crippen molar-refractivity contribution in [3.63, 3.8) is 0 Å². The average Bonchev–Trinajstić information content (AvgIpc) is 3.11. The van der Waals surface area contributed by atoms with Crippen molar-refractivity contribution >= 4 is 40.8 Å². The van der Waals surface area contributed by atoms with Crippen molar-refractivity contribution in [2.45, 2.75) is 18.4 Å². The lowest BCUT2D eigenvalue weighted by molar-refractivity contribution is -0.111. The van der Waals surface area contributed by atoms with Crippen LogP contribution < -0.4 is 10.1 Å². The second-order valence-corrected chi connectivity index (χ2v) is 7.68. The van der Waals surface area contributed by atoms with Gasteiger partial charge in [-0.1, -0.05) is 18.2 Å². The zero-order chi connectivity index (χ0) is 19.1. The van der Waals surface area contributed by atoms with E-state index in [1.54, 1.807) is 29.2 Å². The summed E-state index contributed by atoms with van der Waals surface area (Å²) in [6.07, 6.45) is 5.29. The van der Waals surface area contributed by atoms with Crippen LogP contribution in [0.3, 0.4) is 0 Å². The number of hydrogen-bond donors (Lipinski definition) is 1. The minimum Gasteiger partial charge on any atom is -0.487 e. The monoisotopic (exact) mass is 396 g/mol. The average molecular weight is 397 g/mol. The zero-order valence-electron chi connectivity index (χ0n) is 15.1. The number of benzene rings is 2. The number of amides is 1. The summed E-state index contributed by atoms with van der Waals surface area (Å²) in [4.78, 5) is 17.7. The highest BCUT2D eigenvalue weighted by atomic mass is 32.2. The van der Waals surface area contributed by atoms with Crippen LogP contribution in [0.2, 0.25) is 0 Å². The van der Waals surface area contributed by atoms with Crippen LogP contribution in [0.4, 0.5) is 5.69 Å². The first-order valence-corrected chi connectivity index (χ1v) is 10.5. The predicted octanol–water partition coefficient (Wildman–Crippen LogP) is 5.40. The van der Waals surface area contributed by atoms with Crippen LogP contribution in [0.15, 0.2) is 64.9 Å². The van der Waals surface area contributed by atoms with E-state index in [4.69, 9.17) is 4.74 Å². The van der Waals surface area contributed by atoms with Crippen molar-refractivity contribution in [3.05, 3.63) is 76.3 Å². The molecule has 2 aromatic carbocycles. The molecule has 1 aromatic heterocycles. The van der Waals surface area contributed by atoms with E-state index in [-0.39, 0.29) is 5.91 Å². The number of nitrogens with zero attached hydrogens (tertiary/aromatic N) is 1. The number of aromatic nitrogens is 1. The number of para-hydroxylation sites is 1. The smallest absolute Gasteiger partial charge is 0.248 e. The van der Waals surface area contributed by atoms with Gasteiger partial charge in [-0.05, 0) is 49.6 Å². The molecule has 1 amide bonds. The maximum atomic E-state index is 12.2. The normalized spacial score (nSPS) is 10.9. The second kappa shape index (κ2) is 9.39. The first-order chi connectivity index (χ1) is 13.1. The molecule has 1 N–H and O–H groups in total. The Bertz CT molecular complexity index is 933. The van der Waals surface area contributed by atoms with Gasteiger partial charge in [0.15, 0.2) is 0 Å². The largest absolute Gasteiger partial charge is 0.487 e. The maximum Gasteiger partial charge on any atom is 0.248 e. The number of rotatable bonds is 7. The summed E-state index contributed by atoms with van der Waals surface area (Å²) >= 11 is 3.27. The number of anilines is 1. The second-order valence-electron chi connectivity index (χ2n) is 5.74. The molecule has 0 fully saturated rings. The number of thioether (sulfide) groups is 1. The summed E-state index contributed by atoms with van der Waals surface area (Å²) in [6.45, 7) is 2.38. The molecule has 3 rings (SSSR count). The molecule has 0 unspecified atom stereocenters. The molecule has 27 heavy (non-hydrogen) atoms. The van der Waals surface area contributed by atoms with Gasteiger partial charge in [0.1, 0.15) is 12.4 Å². The van der Waals surface area contributed by atoms with Crippen LogP contribution in [-0.4, -0.2) is 17.1 Å². The van der Waals surface area contributed by atoms with Crippen molar-refractivity contribution in [2.24, 2.45) is 0 Å². The number of hydrogen-bond acceptors (Lipinski definition) is 5. The molecule has 0 saturated carbocycles. The van der Waals surface area contributed by atoms with Gasteiger partial charge in [-0.25, -0.2) is 4.98 Å². The van der Waals surface area contributed by atoms with Gasteiger partial charge < -0.3 is 10.1 Å². The number of nitrogens with one attached hydrogen (secondary N) is 1. The van der Waals surface area contributed by atoms with Crippen LogP contribution in [0.25, 0.3) is 6.08 Å². The summed E-state index contributed by atoms with van der Waals surface area (Å²) in [5.74, 6) is 0.536. The first-order valence-electron chi connectivity index (χ1n) is 8.40. The molecule has 0 radical (unpaired) electrons. The Labute approximate surface area is 167 Å². The summed E-state index contributed by atoms with van der Waals surface area (Å²) in [5.41, 5.74) is 2.52. The molecule has 0 aliphatic heterocycles. The van der Waals surface area contributed by atoms with E-state index in [2.05, 4.69) is 10.3 Å². The number of aryl methyl sites for hydroxylation is 1. The first kappa shape index (κ1) is 19.2. The molecule has 4 nitrogen and oxygen atoms in total. The Kier molecular flexibility index (Phi) is 6.68. The van der Waals surface area contributed by atoms with Gasteiger partial charge >= 0.3 is 0 Å². The highest BCUT2D eigenvalue weighted by Crippen LogP contribution is 2.22. The topological polar surface area (TPSA) is 51.2 Å². The lowest BCUT2D eigenvalue weighted by Crippen LogP contribution is -2.07. The molecule has 1 heterocycles. The van der Waals surface area contributed by atoms with Gasteiger partial charge in [0, 0.05) is 27.6 Å². The highest BCUT2D eigenvalue weighted by Gasteiger charge is 2.04. The fourth-order valence-electron chi connectivity index (χ4n) is 2.40. The van der Waals surface area contributed by atoms with Gasteiger partial charge in [-0.3, -0.25) is 4.79 Å². The Balaban J connectivity index is 1.62. The van der Waals surface area contributed by atoms with E-state index in [1.165, 1.54) is 6.08 Å². The number of thiazole rings is 1. The quantitative estimate of drug-likeness (QED) is 0.429. The van der Waals surface area contributed by atoms with Crippen LogP contribution in [0, 0.1) is 6.92 Å². The van der Waals surface area contributed by atoms with E-state index < -0.39 is 0 Å². The maximum absolute atomic E-state index is 12.2. The third-order valence-corrected chi connectivity index (χ3v) is 5.30. The predicted molar refractivity (Wildman–Crippen MR) is 114 cm³/mol. The number of ether oxygens (including phenoxy) is 1. The molecule has 0 atom stereocenters. The molecular formula is C21H20N2O2S2. The molecule has 0 spiro atoms. The van der Waals surface area contributed by atoms with Crippen molar-refractivity contribution in [2.75, 3.05) is 11.6 Å². The Morgan fingerprint density at radius 2 is 2.00 bits per heavy atom. The van der Waals surface area contributed by atoms with E-state index in [0.29, 0.717) is 6.61 Å². The van der Waals surface area contributed by atoms with Gasteiger partial charge in [-0.2, -0.15) is 0 Å². The lowest BCUT2D eigenvalue weighted by atomic mass is 10.2. The molecule has 0 aliphatic rings. The number of carbonyl (C=O) groups is 1. The van der Waals surface area contributed by atoms with Crippen molar-refractivity contribution in [1.29, 1.82) is 0 Å². The summed E-state index contributed by atoms with van der Waals surface area (Å²) in [6, 6.07) is 15.4. The number of carbonyl (C=O) groups excluding carboxylic acids is 1. The standard InChI is InChI=1S/C21H20N2O2S2/c1-15-22-18(14-27-15)13-25-20-6-4-3-5-16(20)7-12-21(24)23-17-8-10-19(26-2)11-9-17/h3-12,14H,13H2,1-2H3,(H,23,24)/b12-7+. The van der Waals surface area contributed by atoms with Gasteiger partial charge in [-0.15, -0.1) is 23.1 Å². The third kappa shape index (κ3) is 5.70. The van der Waals surface area contributed by atoms with Crippen LogP contribution in [-0.2, 0) is 11.4 Å². The van der Waals surface area contributed by atoms with Crippen molar-refractivity contribution < 1.29 is 9.53 Å². The minimum atomic E-state index is -0.183. The summed E-state index contributed by atoms with van der Waals surface area (Å²) in [5, 5.41) is 5.87. The van der Waals surface area contributed by atoms with Gasteiger partial charge in [0.05, 0.1) is 10.7 Å². The summed E-state index contributed by atoms with van der Waals surface area (Å²) in [7, 11) is 0. The van der Waals surface area contributed by atoms with Crippen molar-refractivity contribution in [1.82, 2.24) is 4.98 Å². The Hall–Kier alpha value is -2.57. The van der Waals surface area contributed by atoms with Crippen molar-refractivity contribution in [3.8, 4) is 5.75 Å². The van der Waals surface area contributed by atoms with E-state index in [9.17, 15) is 4.79 Å². The molecule has 138 valence electrons. The van der Waals surface area contributed by atoms with Crippen LogP contribution in [0.5, 0.6) is 5.75 Å². The molecule has 3 aromatic rings. The molecule has 0 saturated heterocycles. The minimum absolute atomic E-state index is 0.183. The fourth-order valence-corrected chi connectivity index (χ4v) is 3.41. The fraction of sp³-hybridized carbons (Fsp3) is 0.143. The Morgan fingerprint density at radius 1 is 1.22 bits per heavy atom.